The number of likely N-dealkylation sites (tertiary alicyclic amines) is 1. The molecule has 2 fully saturated rings. The second kappa shape index (κ2) is 7.39. The van der Waals surface area contributed by atoms with E-state index in [1.165, 1.54) is 24.3 Å². The van der Waals surface area contributed by atoms with E-state index in [0.717, 1.165) is 12.8 Å². The number of piperidine rings is 1. The van der Waals surface area contributed by atoms with Gasteiger partial charge in [-0.3, -0.25) is 4.79 Å². The predicted octanol–water partition coefficient (Wildman–Crippen LogP) is 2.22. The number of benzene rings is 1. The van der Waals surface area contributed by atoms with Gasteiger partial charge in [0.15, 0.2) is 0 Å². The molecule has 1 N–H and O–H groups in total. The first-order valence-electron chi connectivity index (χ1n) is 8.58. The SMILES string of the molecule is O=C([C@@H]1CCCCO1)N1CCC(Oc2ccc(F)cc2)(C(=O)O)CC1. The highest BCUT2D eigenvalue weighted by Gasteiger charge is 2.45. The highest BCUT2D eigenvalue weighted by atomic mass is 19.1. The summed E-state index contributed by atoms with van der Waals surface area (Å²) < 4.78 is 24.2. The van der Waals surface area contributed by atoms with Gasteiger partial charge in [-0.05, 0) is 43.5 Å². The Labute approximate surface area is 145 Å². The Morgan fingerprint density at radius 3 is 2.44 bits per heavy atom. The normalized spacial score (nSPS) is 23.1. The number of amides is 1. The smallest absolute Gasteiger partial charge is 0.348 e. The molecular weight excluding hydrogens is 329 g/mol. The Bertz CT molecular complexity index is 619. The lowest BCUT2D eigenvalue weighted by Crippen LogP contribution is -2.56. The van der Waals surface area contributed by atoms with Gasteiger partial charge in [-0.15, -0.1) is 0 Å². The van der Waals surface area contributed by atoms with E-state index in [1.54, 1.807) is 4.90 Å². The maximum atomic E-state index is 13.0. The van der Waals surface area contributed by atoms with E-state index < -0.39 is 23.5 Å². The Balaban J connectivity index is 1.64. The second-order valence-corrected chi connectivity index (χ2v) is 6.54. The van der Waals surface area contributed by atoms with Crippen LogP contribution < -0.4 is 4.74 Å². The molecule has 2 aliphatic heterocycles. The van der Waals surface area contributed by atoms with Crippen LogP contribution in [0.4, 0.5) is 4.39 Å². The van der Waals surface area contributed by atoms with E-state index in [9.17, 15) is 19.1 Å². The number of rotatable bonds is 4. The first-order valence-corrected chi connectivity index (χ1v) is 8.58. The number of carbonyl (C=O) groups is 2. The molecule has 2 saturated heterocycles. The molecule has 0 bridgehead atoms. The molecule has 6 nitrogen and oxygen atoms in total. The average Bonchev–Trinajstić information content (AvgIpc) is 2.64. The zero-order chi connectivity index (χ0) is 17.9. The molecular formula is C18H22FNO5. The first kappa shape index (κ1) is 17.7. The van der Waals surface area contributed by atoms with Crippen molar-refractivity contribution in [1.29, 1.82) is 0 Å². The summed E-state index contributed by atoms with van der Waals surface area (Å²) in [6.07, 6.45) is 2.60. The fourth-order valence-corrected chi connectivity index (χ4v) is 3.32. The fourth-order valence-electron chi connectivity index (χ4n) is 3.32. The number of hydrogen-bond donors (Lipinski definition) is 1. The first-order chi connectivity index (χ1) is 12.0. The standard InChI is InChI=1S/C18H22FNO5/c19-13-4-6-14(7-5-13)25-18(17(22)23)8-10-20(11-9-18)16(21)15-3-1-2-12-24-15/h4-7,15H,1-3,8-12H2,(H,22,23)/t15-/m0/s1. The van der Waals surface area contributed by atoms with Gasteiger partial charge in [-0.25, -0.2) is 9.18 Å². The van der Waals surface area contributed by atoms with Crippen LogP contribution in [0.15, 0.2) is 24.3 Å². The lowest BCUT2D eigenvalue weighted by atomic mass is 9.90. The Kier molecular flexibility index (Phi) is 5.22. The van der Waals surface area contributed by atoms with Gasteiger partial charge in [0.25, 0.3) is 5.91 Å². The summed E-state index contributed by atoms with van der Waals surface area (Å²) in [5.74, 6) is -1.25. The Morgan fingerprint density at radius 1 is 1.20 bits per heavy atom. The molecule has 2 heterocycles. The van der Waals surface area contributed by atoms with Crippen LogP contribution in [-0.4, -0.2) is 53.3 Å². The lowest BCUT2D eigenvalue weighted by Gasteiger charge is -2.40. The largest absolute Gasteiger partial charge is 0.478 e. The van der Waals surface area contributed by atoms with Crippen LogP contribution in [-0.2, 0) is 14.3 Å². The van der Waals surface area contributed by atoms with Crippen molar-refractivity contribution in [3.8, 4) is 5.75 Å². The van der Waals surface area contributed by atoms with Gasteiger partial charge in [0.2, 0.25) is 5.60 Å². The Morgan fingerprint density at radius 2 is 1.88 bits per heavy atom. The van der Waals surface area contributed by atoms with E-state index >= 15 is 0 Å². The third-order valence-corrected chi connectivity index (χ3v) is 4.85. The summed E-state index contributed by atoms with van der Waals surface area (Å²) in [5, 5.41) is 9.65. The average molecular weight is 351 g/mol. The van der Waals surface area contributed by atoms with Gasteiger partial charge in [0.05, 0.1) is 0 Å². The summed E-state index contributed by atoms with van der Waals surface area (Å²) in [7, 11) is 0. The molecule has 0 aromatic heterocycles. The van der Waals surface area contributed by atoms with Crippen molar-refractivity contribution in [2.45, 2.75) is 43.8 Å². The van der Waals surface area contributed by atoms with Gasteiger partial charge < -0.3 is 19.5 Å². The number of aliphatic carboxylic acids is 1. The van der Waals surface area contributed by atoms with Crippen LogP contribution in [0.1, 0.15) is 32.1 Å². The highest BCUT2D eigenvalue weighted by Crippen LogP contribution is 2.30. The molecule has 0 spiro atoms. The summed E-state index contributed by atoms with van der Waals surface area (Å²) in [4.78, 5) is 26.0. The van der Waals surface area contributed by atoms with E-state index in [2.05, 4.69) is 0 Å². The molecule has 1 aromatic rings. The van der Waals surface area contributed by atoms with Crippen molar-refractivity contribution in [1.82, 2.24) is 4.90 Å². The van der Waals surface area contributed by atoms with Crippen LogP contribution in [0, 0.1) is 5.82 Å². The van der Waals surface area contributed by atoms with Crippen molar-refractivity contribution >= 4 is 11.9 Å². The Hall–Kier alpha value is -2.15. The molecule has 0 radical (unpaired) electrons. The molecule has 1 aromatic carbocycles. The number of ether oxygens (including phenoxy) is 2. The van der Waals surface area contributed by atoms with Crippen LogP contribution in [0.25, 0.3) is 0 Å². The molecule has 0 saturated carbocycles. The zero-order valence-corrected chi connectivity index (χ0v) is 13.9. The van der Waals surface area contributed by atoms with Crippen molar-refractivity contribution < 1.29 is 28.6 Å². The van der Waals surface area contributed by atoms with Crippen molar-refractivity contribution in [3.63, 3.8) is 0 Å². The molecule has 3 rings (SSSR count). The zero-order valence-electron chi connectivity index (χ0n) is 13.9. The number of carboxylic acid groups (broad SMARTS) is 1. The van der Waals surface area contributed by atoms with Gasteiger partial charge in [-0.1, -0.05) is 0 Å². The van der Waals surface area contributed by atoms with Gasteiger partial charge in [-0.2, -0.15) is 0 Å². The fraction of sp³-hybridized carbons (Fsp3) is 0.556. The second-order valence-electron chi connectivity index (χ2n) is 6.54. The van der Waals surface area contributed by atoms with Gasteiger partial charge in [0.1, 0.15) is 17.7 Å². The number of carbonyl (C=O) groups excluding carboxylic acids is 1. The molecule has 2 aliphatic rings. The quantitative estimate of drug-likeness (QED) is 0.900. The molecule has 25 heavy (non-hydrogen) atoms. The van der Waals surface area contributed by atoms with E-state index in [0.29, 0.717) is 31.9 Å². The van der Waals surface area contributed by atoms with E-state index in [4.69, 9.17) is 9.47 Å². The maximum absolute atomic E-state index is 13.0. The van der Waals surface area contributed by atoms with Crippen LogP contribution >= 0.6 is 0 Å². The summed E-state index contributed by atoms with van der Waals surface area (Å²) >= 11 is 0. The monoisotopic (exact) mass is 351 g/mol. The topological polar surface area (TPSA) is 76.1 Å². The molecule has 1 amide bonds. The maximum Gasteiger partial charge on any atom is 0.348 e. The number of halogens is 1. The van der Waals surface area contributed by atoms with Gasteiger partial charge >= 0.3 is 5.97 Å². The third-order valence-electron chi connectivity index (χ3n) is 4.85. The minimum atomic E-state index is -1.40. The van der Waals surface area contributed by atoms with Crippen LogP contribution in [0.5, 0.6) is 5.75 Å². The lowest BCUT2D eigenvalue weighted by molar-refractivity contribution is -0.164. The molecule has 7 heteroatoms. The minimum absolute atomic E-state index is 0.0690. The third kappa shape index (κ3) is 3.92. The summed E-state index contributed by atoms with van der Waals surface area (Å²) in [5.41, 5.74) is -1.40. The number of nitrogens with zero attached hydrogens (tertiary/aromatic N) is 1. The van der Waals surface area contributed by atoms with Crippen molar-refractivity contribution in [3.05, 3.63) is 30.1 Å². The van der Waals surface area contributed by atoms with Crippen molar-refractivity contribution in [2.75, 3.05) is 19.7 Å². The van der Waals surface area contributed by atoms with E-state index in [1.807, 2.05) is 0 Å². The predicted molar refractivity (Wildman–Crippen MR) is 86.8 cm³/mol. The van der Waals surface area contributed by atoms with Gasteiger partial charge in [0, 0.05) is 32.5 Å². The minimum Gasteiger partial charge on any atom is -0.478 e. The van der Waals surface area contributed by atoms with E-state index in [-0.39, 0.29) is 18.7 Å². The van der Waals surface area contributed by atoms with Crippen LogP contribution in [0.3, 0.4) is 0 Å². The van der Waals surface area contributed by atoms with Crippen molar-refractivity contribution in [2.24, 2.45) is 0 Å². The number of carboxylic acids is 1. The summed E-state index contributed by atoms with van der Waals surface area (Å²) in [6.45, 7) is 1.19. The molecule has 0 unspecified atom stereocenters. The summed E-state index contributed by atoms with van der Waals surface area (Å²) in [6, 6.07) is 5.27. The molecule has 1 atom stereocenters. The highest BCUT2D eigenvalue weighted by molar-refractivity contribution is 5.82. The molecule has 0 aliphatic carbocycles. The number of hydrogen-bond acceptors (Lipinski definition) is 4. The van der Waals surface area contributed by atoms with Crippen LogP contribution in [0.2, 0.25) is 0 Å². The molecule has 136 valence electrons.